The Balaban J connectivity index is 2.25. The second-order valence-electron chi connectivity index (χ2n) is 3.49. The van der Waals surface area contributed by atoms with Crippen LogP contribution in [0.4, 0.5) is 0 Å². The van der Waals surface area contributed by atoms with Gasteiger partial charge in [-0.05, 0) is 31.6 Å². The van der Waals surface area contributed by atoms with E-state index in [4.69, 9.17) is 5.73 Å². The predicted molar refractivity (Wildman–Crippen MR) is 47.9 cm³/mol. The molecule has 0 bridgehead atoms. The van der Waals surface area contributed by atoms with E-state index in [9.17, 15) is 0 Å². The van der Waals surface area contributed by atoms with Crippen molar-refractivity contribution in [2.75, 3.05) is 0 Å². The Hall–Kier alpha value is -0.480. The van der Waals surface area contributed by atoms with Gasteiger partial charge in [-0.3, -0.25) is 0 Å². The summed E-state index contributed by atoms with van der Waals surface area (Å²) in [6.45, 7) is 4.12. The Morgan fingerprint density at radius 3 is 2.64 bits per heavy atom. The highest BCUT2D eigenvalue weighted by atomic mass is 14.7. The first-order valence-electron chi connectivity index (χ1n) is 4.41. The first kappa shape index (κ1) is 8.62. The van der Waals surface area contributed by atoms with E-state index < -0.39 is 0 Å². The van der Waals surface area contributed by atoms with E-state index in [1.54, 1.807) is 0 Å². The summed E-state index contributed by atoms with van der Waals surface area (Å²) in [7, 11) is 0. The van der Waals surface area contributed by atoms with Gasteiger partial charge in [0.25, 0.3) is 0 Å². The third kappa shape index (κ3) is 2.55. The van der Waals surface area contributed by atoms with Crippen molar-refractivity contribution >= 4 is 0 Å². The molecule has 2 unspecified atom stereocenters. The minimum Gasteiger partial charge on any atom is -0.327 e. The van der Waals surface area contributed by atoms with E-state index in [-0.39, 0.29) is 0 Å². The van der Waals surface area contributed by atoms with Gasteiger partial charge in [0.1, 0.15) is 0 Å². The van der Waals surface area contributed by atoms with Crippen molar-refractivity contribution in [3.05, 3.63) is 0 Å². The average Bonchev–Trinajstić information content (AvgIpc) is 2.81. The minimum absolute atomic E-state index is 0.301. The highest BCUT2D eigenvalue weighted by Crippen LogP contribution is 2.38. The molecular formula is C10H17N. The molecule has 0 aromatic carbocycles. The van der Waals surface area contributed by atoms with Crippen LogP contribution in [0.2, 0.25) is 0 Å². The summed E-state index contributed by atoms with van der Waals surface area (Å²) in [5.41, 5.74) is 5.94. The van der Waals surface area contributed by atoms with Gasteiger partial charge in [0.2, 0.25) is 0 Å². The summed E-state index contributed by atoms with van der Waals surface area (Å²) in [5, 5.41) is 0. The van der Waals surface area contributed by atoms with Crippen LogP contribution in [0.3, 0.4) is 0 Å². The van der Waals surface area contributed by atoms with Crippen LogP contribution < -0.4 is 5.73 Å². The molecule has 1 nitrogen and oxygen atoms in total. The number of hydrogen-bond donors (Lipinski definition) is 1. The Bertz CT molecular complexity index is 171. The fraction of sp³-hybridized carbons (Fsp3) is 0.800. The normalized spacial score (nSPS) is 21.7. The van der Waals surface area contributed by atoms with Gasteiger partial charge in [-0.25, -0.2) is 0 Å². The molecule has 0 spiro atoms. The molecular weight excluding hydrogens is 134 g/mol. The lowest BCUT2D eigenvalue weighted by atomic mass is 9.95. The molecule has 1 heteroatoms. The average molecular weight is 151 g/mol. The van der Waals surface area contributed by atoms with E-state index in [1.807, 2.05) is 6.92 Å². The Labute approximate surface area is 69.4 Å². The molecule has 0 aromatic rings. The molecule has 11 heavy (non-hydrogen) atoms. The maximum absolute atomic E-state index is 5.94. The molecule has 1 aliphatic rings. The molecule has 1 aliphatic carbocycles. The van der Waals surface area contributed by atoms with Gasteiger partial charge in [-0.1, -0.05) is 6.92 Å². The summed E-state index contributed by atoms with van der Waals surface area (Å²) >= 11 is 0. The monoisotopic (exact) mass is 151 g/mol. The van der Waals surface area contributed by atoms with Crippen molar-refractivity contribution < 1.29 is 0 Å². The summed E-state index contributed by atoms with van der Waals surface area (Å²) in [6, 6.07) is 0.301. The Morgan fingerprint density at radius 1 is 1.55 bits per heavy atom. The molecule has 0 aliphatic heterocycles. The Morgan fingerprint density at radius 2 is 2.18 bits per heavy atom. The topological polar surface area (TPSA) is 26.0 Å². The molecule has 1 rings (SSSR count). The fourth-order valence-electron chi connectivity index (χ4n) is 1.38. The van der Waals surface area contributed by atoms with E-state index >= 15 is 0 Å². The molecule has 0 saturated heterocycles. The third-order valence-corrected chi connectivity index (χ3v) is 2.56. The summed E-state index contributed by atoms with van der Waals surface area (Å²) < 4.78 is 0. The standard InChI is InChI=1S/C10H17N/c1-3-4-5-10(11)8(2)9-6-7-9/h8-10H,5-7,11H2,1-2H3. The number of rotatable bonds is 3. The van der Waals surface area contributed by atoms with Crippen LogP contribution in [-0.2, 0) is 0 Å². The van der Waals surface area contributed by atoms with Gasteiger partial charge in [0.05, 0.1) is 0 Å². The summed E-state index contributed by atoms with van der Waals surface area (Å²) in [5.74, 6) is 7.50. The molecule has 2 N–H and O–H groups in total. The van der Waals surface area contributed by atoms with Crippen LogP contribution in [0.25, 0.3) is 0 Å². The highest BCUT2D eigenvalue weighted by Gasteiger charge is 2.31. The smallest absolute Gasteiger partial charge is 0.0243 e. The highest BCUT2D eigenvalue weighted by molar-refractivity contribution is 4.99. The van der Waals surface area contributed by atoms with E-state index in [2.05, 4.69) is 18.8 Å². The first-order chi connectivity index (χ1) is 5.25. The molecule has 1 saturated carbocycles. The Kier molecular flexibility index (Phi) is 2.96. The van der Waals surface area contributed by atoms with Crippen molar-refractivity contribution in [2.24, 2.45) is 17.6 Å². The van der Waals surface area contributed by atoms with E-state index in [0.29, 0.717) is 12.0 Å². The van der Waals surface area contributed by atoms with Crippen LogP contribution in [0, 0.1) is 23.7 Å². The molecule has 1 fully saturated rings. The SMILES string of the molecule is CC#CCC(N)C(C)C1CC1. The molecule has 0 radical (unpaired) electrons. The fourth-order valence-corrected chi connectivity index (χ4v) is 1.38. The van der Waals surface area contributed by atoms with Gasteiger partial charge in [-0.2, -0.15) is 0 Å². The lowest BCUT2D eigenvalue weighted by molar-refractivity contribution is 0.412. The first-order valence-corrected chi connectivity index (χ1v) is 4.41. The largest absolute Gasteiger partial charge is 0.327 e. The quantitative estimate of drug-likeness (QED) is 0.611. The van der Waals surface area contributed by atoms with Gasteiger partial charge in [0.15, 0.2) is 0 Å². The maximum atomic E-state index is 5.94. The molecule has 0 heterocycles. The van der Waals surface area contributed by atoms with Crippen molar-refractivity contribution in [3.63, 3.8) is 0 Å². The van der Waals surface area contributed by atoms with Crippen molar-refractivity contribution in [2.45, 2.75) is 39.2 Å². The summed E-state index contributed by atoms with van der Waals surface area (Å²) in [4.78, 5) is 0. The zero-order valence-corrected chi connectivity index (χ0v) is 7.43. The lowest BCUT2D eigenvalue weighted by Crippen LogP contribution is -2.28. The predicted octanol–water partition coefficient (Wildman–Crippen LogP) is 1.77. The molecule has 0 amide bonds. The van der Waals surface area contributed by atoms with Crippen molar-refractivity contribution in [1.82, 2.24) is 0 Å². The zero-order chi connectivity index (χ0) is 8.27. The molecule has 2 atom stereocenters. The van der Waals surface area contributed by atoms with Crippen LogP contribution in [0.1, 0.15) is 33.1 Å². The second-order valence-corrected chi connectivity index (χ2v) is 3.49. The van der Waals surface area contributed by atoms with E-state index in [0.717, 1.165) is 12.3 Å². The lowest BCUT2D eigenvalue weighted by Gasteiger charge is -2.16. The molecule has 0 aromatic heterocycles. The maximum Gasteiger partial charge on any atom is 0.0243 e. The van der Waals surface area contributed by atoms with Crippen molar-refractivity contribution in [1.29, 1.82) is 0 Å². The van der Waals surface area contributed by atoms with Gasteiger partial charge in [-0.15, -0.1) is 11.8 Å². The van der Waals surface area contributed by atoms with Crippen molar-refractivity contribution in [3.8, 4) is 11.8 Å². The van der Waals surface area contributed by atoms with E-state index in [1.165, 1.54) is 12.8 Å². The zero-order valence-electron chi connectivity index (χ0n) is 7.43. The van der Waals surface area contributed by atoms with Crippen LogP contribution >= 0.6 is 0 Å². The summed E-state index contributed by atoms with van der Waals surface area (Å²) in [6.07, 6.45) is 3.64. The van der Waals surface area contributed by atoms with Gasteiger partial charge < -0.3 is 5.73 Å². The van der Waals surface area contributed by atoms with Crippen LogP contribution in [0.5, 0.6) is 0 Å². The van der Waals surface area contributed by atoms with Crippen LogP contribution in [0.15, 0.2) is 0 Å². The van der Waals surface area contributed by atoms with Gasteiger partial charge >= 0.3 is 0 Å². The second kappa shape index (κ2) is 3.78. The minimum atomic E-state index is 0.301. The number of hydrogen-bond acceptors (Lipinski definition) is 1. The van der Waals surface area contributed by atoms with Gasteiger partial charge in [0, 0.05) is 12.5 Å². The van der Waals surface area contributed by atoms with Crippen LogP contribution in [-0.4, -0.2) is 6.04 Å². The molecule has 62 valence electrons. The number of nitrogens with two attached hydrogens (primary N) is 1. The third-order valence-electron chi connectivity index (χ3n) is 2.56.